The van der Waals surface area contributed by atoms with Crippen LogP contribution in [0, 0.1) is 40.7 Å². The molecule has 2 aromatic rings. The summed E-state index contributed by atoms with van der Waals surface area (Å²) >= 11 is 0. The second kappa shape index (κ2) is 10.5. The quantitative estimate of drug-likeness (QED) is 0.337. The number of ether oxygens (including phenoxy) is 1. The Balaban J connectivity index is 1.35. The fraction of sp³-hybridized carbons (Fsp3) is 0.500. The molecule has 2 saturated carbocycles. The summed E-state index contributed by atoms with van der Waals surface area (Å²) in [6.07, 6.45) is 11.9. The maximum atomic E-state index is 13.8. The number of rotatable bonds is 6. The van der Waals surface area contributed by atoms with E-state index in [1.54, 1.807) is 12.1 Å². The van der Waals surface area contributed by atoms with Crippen molar-refractivity contribution in [3.63, 3.8) is 0 Å². The van der Waals surface area contributed by atoms with Crippen molar-refractivity contribution in [1.82, 2.24) is 0 Å². The molecule has 2 aromatic carbocycles. The molecular weight excluding hydrogens is 420 g/mol. The van der Waals surface area contributed by atoms with Gasteiger partial charge in [0.05, 0.1) is 5.56 Å². The third-order valence-corrected chi connectivity index (χ3v) is 7.64. The summed E-state index contributed by atoms with van der Waals surface area (Å²) in [6.45, 7) is 2.27. The van der Waals surface area contributed by atoms with Gasteiger partial charge in [0.25, 0.3) is 0 Å². The van der Waals surface area contributed by atoms with Gasteiger partial charge in [0, 0.05) is 12.1 Å². The van der Waals surface area contributed by atoms with E-state index in [4.69, 9.17) is 10.00 Å². The molecule has 0 aliphatic heterocycles. The molecular formula is C28H31F2NO2. The van der Waals surface area contributed by atoms with Crippen LogP contribution in [0.3, 0.4) is 0 Å². The molecule has 0 aromatic heterocycles. The molecule has 174 valence electrons. The van der Waals surface area contributed by atoms with Gasteiger partial charge in [-0.1, -0.05) is 44.7 Å². The summed E-state index contributed by atoms with van der Waals surface area (Å²) in [6, 6.07) is 10.6. The summed E-state index contributed by atoms with van der Waals surface area (Å²) in [5.74, 6) is 0.0875. The SMILES string of the molecule is CCCC[C@H]1CC[C@@H]2CC(c3ccc(C(=O)Oc4cc(F)c(C#N)c(F)c4)cc3)CC[C@H]2C1. The lowest BCUT2D eigenvalue weighted by molar-refractivity contribution is 0.0734. The van der Waals surface area contributed by atoms with Crippen molar-refractivity contribution in [2.75, 3.05) is 0 Å². The number of nitrogens with zero attached hydrogens (tertiary/aromatic N) is 1. The molecule has 33 heavy (non-hydrogen) atoms. The Morgan fingerprint density at radius 1 is 1.03 bits per heavy atom. The first-order chi connectivity index (χ1) is 16.0. The van der Waals surface area contributed by atoms with Crippen LogP contribution in [0.15, 0.2) is 36.4 Å². The Kier molecular flexibility index (Phi) is 7.42. The van der Waals surface area contributed by atoms with Gasteiger partial charge < -0.3 is 4.74 Å². The van der Waals surface area contributed by atoms with E-state index in [0.29, 0.717) is 11.5 Å². The molecule has 0 amide bonds. The van der Waals surface area contributed by atoms with Crippen LogP contribution in [-0.2, 0) is 0 Å². The van der Waals surface area contributed by atoms with Crippen LogP contribution in [0.1, 0.15) is 92.1 Å². The molecule has 0 N–H and O–H groups in total. The number of benzene rings is 2. The zero-order chi connectivity index (χ0) is 23.4. The third kappa shape index (κ3) is 5.43. The average Bonchev–Trinajstić information content (AvgIpc) is 2.82. The van der Waals surface area contributed by atoms with Gasteiger partial charge in [-0.3, -0.25) is 0 Å². The van der Waals surface area contributed by atoms with Crippen LogP contribution in [0.2, 0.25) is 0 Å². The predicted octanol–water partition coefficient (Wildman–Crippen LogP) is 7.55. The molecule has 2 aliphatic carbocycles. The number of fused-ring (bicyclic) bond motifs is 1. The largest absolute Gasteiger partial charge is 0.423 e. The minimum Gasteiger partial charge on any atom is -0.423 e. The summed E-state index contributed by atoms with van der Waals surface area (Å²) in [7, 11) is 0. The van der Waals surface area contributed by atoms with Crippen LogP contribution >= 0.6 is 0 Å². The maximum Gasteiger partial charge on any atom is 0.343 e. The van der Waals surface area contributed by atoms with Crippen molar-refractivity contribution in [2.24, 2.45) is 17.8 Å². The molecule has 0 radical (unpaired) electrons. The predicted molar refractivity (Wildman–Crippen MR) is 123 cm³/mol. The highest BCUT2D eigenvalue weighted by Crippen LogP contribution is 2.48. The van der Waals surface area contributed by atoms with E-state index in [9.17, 15) is 13.6 Å². The fourth-order valence-electron chi connectivity index (χ4n) is 5.82. The first kappa shape index (κ1) is 23.4. The molecule has 0 bridgehead atoms. The molecule has 1 unspecified atom stereocenters. The van der Waals surface area contributed by atoms with E-state index in [0.717, 1.165) is 29.9 Å². The number of hydrogen-bond acceptors (Lipinski definition) is 3. The Labute approximate surface area is 194 Å². The van der Waals surface area contributed by atoms with Crippen molar-refractivity contribution < 1.29 is 18.3 Å². The molecule has 0 spiro atoms. The highest BCUT2D eigenvalue weighted by Gasteiger charge is 2.35. The van der Waals surface area contributed by atoms with Gasteiger partial charge in [0.2, 0.25) is 0 Å². The summed E-state index contributed by atoms with van der Waals surface area (Å²) in [5, 5.41) is 8.75. The Morgan fingerprint density at radius 2 is 1.70 bits per heavy atom. The van der Waals surface area contributed by atoms with E-state index in [1.807, 2.05) is 12.1 Å². The van der Waals surface area contributed by atoms with E-state index < -0.39 is 23.2 Å². The standard InChI is InChI=1S/C28H31F2NO2/c1-2-3-4-18-5-6-23-14-22(12-11-21(23)13-18)19-7-9-20(10-8-19)28(32)33-24-15-26(29)25(17-31)27(30)16-24/h7-10,15-16,18,21-23H,2-6,11-14H2,1H3/t18-,21-,22?,23+/m0/s1. The second-order valence-corrected chi connectivity index (χ2v) is 9.74. The summed E-state index contributed by atoms with van der Waals surface area (Å²) in [4.78, 5) is 12.4. The van der Waals surface area contributed by atoms with Gasteiger partial charge in [-0.25, -0.2) is 13.6 Å². The van der Waals surface area contributed by atoms with Gasteiger partial charge >= 0.3 is 5.97 Å². The van der Waals surface area contributed by atoms with Crippen molar-refractivity contribution in [2.45, 2.75) is 70.6 Å². The van der Waals surface area contributed by atoms with Crippen molar-refractivity contribution in [3.05, 3.63) is 64.7 Å². The maximum absolute atomic E-state index is 13.8. The number of halogens is 2. The lowest BCUT2D eigenvalue weighted by atomic mass is 9.63. The summed E-state index contributed by atoms with van der Waals surface area (Å²) in [5.41, 5.74) is 0.880. The first-order valence-electron chi connectivity index (χ1n) is 12.2. The topological polar surface area (TPSA) is 50.1 Å². The smallest absolute Gasteiger partial charge is 0.343 e. The van der Waals surface area contributed by atoms with Crippen LogP contribution < -0.4 is 4.74 Å². The highest BCUT2D eigenvalue weighted by molar-refractivity contribution is 5.91. The summed E-state index contributed by atoms with van der Waals surface area (Å²) < 4.78 is 32.7. The van der Waals surface area contributed by atoms with E-state index in [1.165, 1.54) is 69.4 Å². The third-order valence-electron chi connectivity index (χ3n) is 7.64. The van der Waals surface area contributed by atoms with Gasteiger partial charge in [0.1, 0.15) is 29.0 Å². The molecule has 2 aliphatic rings. The monoisotopic (exact) mass is 451 g/mol. The second-order valence-electron chi connectivity index (χ2n) is 9.74. The minimum atomic E-state index is -1.05. The van der Waals surface area contributed by atoms with Crippen molar-refractivity contribution in [1.29, 1.82) is 5.26 Å². The molecule has 5 heteroatoms. The van der Waals surface area contributed by atoms with E-state index in [-0.39, 0.29) is 5.75 Å². The highest BCUT2D eigenvalue weighted by atomic mass is 19.1. The van der Waals surface area contributed by atoms with E-state index in [2.05, 4.69) is 6.92 Å². The van der Waals surface area contributed by atoms with Gasteiger partial charge in [-0.2, -0.15) is 5.26 Å². The lowest BCUT2D eigenvalue weighted by Gasteiger charge is -2.42. The molecule has 0 saturated heterocycles. The molecule has 3 nitrogen and oxygen atoms in total. The number of carbonyl (C=O) groups is 1. The number of nitriles is 1. The lowest BCUT2D eigenvalue weighted by Crippen LogP contribution is -2.30. The van der Waals surface area contributed by atoms with Crippen LogP contribution in [0.4, 0.5) is 8.78 Å². The van der Waals surface area contributed by atoms with Crippen molar-refractivity contribution >= 4 is 5.97 Å². The van der Waals surface area contributed by atoms with Gasteiger partial charge in [-0.05, 0) is 73.5 Å². The van der Waals surface area contributed by atoms with Gasteiger partial charge in [0.15, 0.2) is 0 Å². The molecule has 2 fully saturated rings. The minimum absolute atomic E-state index is 0.258. The normalized spacial score (nSPS) is 24.5. The average molecular weight is 452 g/mol. The number of unbranched alkanes of at least 4 members (excludes halogenated alkanes) is 1. The molecule has 4 rings (SSSR count). The van der Waals surface area contributed by atoms with Crippen LogP contribution in [0.25, 0.3) is 0 Å². The zero-order valence-electron chi connectivity index (χ0n) is 19.2. The van der Waals surface area contributed by atoms with Gasteiger partial charge in [-0.15, -0.1) is 0 Å². The van der Waals surface area contributed by atoms with E-state index >= 15 is 0 Å². The van der Waals surface area contributed by atoms with Crippen LogP contribution in [0.5, 0.6) is 5.75 Å². The van der Waals surface area contributed by atoms with Crippen LogP contribution in [-0.4, -0.2) is 5.97 Å². The molecule has 4 atom stereocenters. The van der Waals surface area contributed by atoms with Crippen molar-refractivity contribution in [3.8, 4) is 11.8 Å². The number of carbonyl (C=O) groups excluding carboxylic acids is 1. The fourth-order valence-corrected chi connectivity index (χ4v) is 5.82. The molecule has 0 heterocycles. The number of esters is 1. The first-order valence-corrected chi connectivity index (χ1v) is 12.2. The Hall–Kier alpha value is -2.74. The Bertz CT molecular complexity index is 1000. The Morgan fingerprint density at radius 3 is 2.36 bits per heavy atom. The number of hydrogen-bond donors (Lipinski definition) is 0. The zero-order valence-corrected chi connectivity index (χ0v) is 19.2.